The predicted octanol–water partition coefficient (Wildman–Crippen LogP) is 3.24. The van der Waals surface area contributed by atoms with Gasteiger partial charge in [0.1, 0.15) is 0 Å². The summed E-state index contributed by atoms with van der Waals surface area (Å²) in [7, 11) is 1.40. The van der Waals surface area contributed by atoms with Crippen molar-refractivity contribution < 1.29 is 14.3 Å². The number of carbonyl (C=O) groups is 2. The van der Waals surface area contributed by atoms with Gasteiger partial charge in [0.05, 0.1) is 19.3 Å². The highest BCUT2D eigenvalue weighted by Gasteiger charge is 2.27. The van der Waals surface area contributed by atoms with E-state index in [4.69, 9.17) is 0 Å². The van der Waals surface area contributed by atoms with E-state index in [2.05, 4.69) is 30.7 Å². The molecule has 0 aliphatic carbocycles. The molecule has 1 heterocycles. The Morgan fingerprint density at radius 3 is 2.62 bits per heavy atom. The van der Waals surface area contributed by atoms with Gasteiger partial charge in [0, 0.05) is 28.5 Å². The monoisotopic (exact) mass is 367 g/mol. The molecule has 1 aromatic rings. The fourth-order valence-corrected chi connectivity index (χ4v) is 4.46. The van der Waals surface area contributed by atoms with Crippen LogP contribution >= 0.6 is 23.5 Å². The summed E-state index contributed by atoms with van der Waals surface area (Å²) in [5.74, 6) is 0.322. The molecule has 1 aromatic carbocycles. The highest BCUT2D eigenvalue weighted by molar-refractivity contribution is 8.00. The van der Waals surface area contributed by atoms with Crippen LogP contribution in [0, 0.1) is 0 Å². The van der Waals surface area contributed by atoms with Crippen molar-refractivity contribution in [2.24, 2.45) is 0 Å². The van der Waals surface area contributed by atoms with Crippen LogP contribution in [0.25, 0.3) is 0 Å². The third-order valence-corrected chi connectivity index (χ3v) is 6.09. The smallest absolute Gasteiger partial charge is 0.315 e. The second-order valence-electron chi connectivity index (χ2n) is 6.12. The molecule has 0 saturated carbocycles. The Bertz CT molecular complexity index is 560. The highest BCUT2D eigenvalue weighted by Crippen LogP contribution is 2.25. The maximum Gasteiger partial charge on any atom is 0.315 e. The lowest BCUT2D eigenvalue weighted by Crippen LogP contribution is -2.30. The molecule has 0 radical (unpaired) electrons. The van der Waals surface area contributed by atoms with Crippen molar-refractivity contribution >= 4 is 35.4 Å². The van der Waals surface area contributed by atoms with Gasteiger partial charge in [-0.15, -0.1) is 23.5 Å². The molecular weight excluding hydrogens is 342 g/mol. The molecule has 4 nitrogen and oxygen atoms in total. The lowest BCUT2D eigenvalue weighted by molar-refractivity contribution is -0.137. The van der Waals surface area contributed by atoms with Crippen LogP contribution in [0.2, 0.25) is 0 Å². The average Bonchev–Trinajstić information content (AvgIpc) is 3.03. The molecular formula is C18H25NO3S2. The fourth-order valence-electron chi connectivity index (χ4n) is 2.58. The zero-order chi connectivity index (χ0) is 17.5. The van der Waals surface area contributed by atoms with Gasteiger partial charge in [0.25, 0.3) is 0 Å². The maximum absolute atomic E-state index is 12.4. The third kappa shape index (κ3) is 6.06. The molecule has 0 aromatic heterocycles. The van der Waals surface area contributed by atoms with Crippen LogP contribution in [0.15, 0.2) is 29.2 Å². The van der Waals surface area contributed by atoms with Crippen molar-refractivity contribution in [3.63, 3.8) is 0 Å². The number of methoxy groups -OCH3 is 1. The zero-order valence-electron chi connectivity index (χ0n) is 14.5. The summed E-state index contributed by atoms with van der Waals surface area (Å²) in [6.07, 6.45) is 1.39. The summed E-state index contributed by atoms with van der Waals surface area (Å²) in [6, 6.07) is 8.27. The fraction of sp³-hybridized carbons (Fsp3) is 0.556. The van der Waals surface area contributed by atoms with Gasteiger partial charge in [-0.2, -0.15) is 0 Å². The van der Waals surface area contributed by atoms with E-state index in [0.717, 1.165) is 25.1 Å². The highest BCUT2D eigenvalue weighted by atomic mass is 32.2. The van der Waals surface area contributed by atoms with E-state index >= 15 is 0 Å². The Labute approximate surface area is 152 Å². The van der Waals surface area contributed by atoms with E-state index in [1.165, 1.54) is 12.0 Å². The van der Waals surface area contributed by atoms with Crippen LogP contribution in [-0.2, 0) is 20.7 Å². The quantitative estimate of drug-likeness (QED) is 0.547. The lowest BCUT2D eigenvalue weighted by Gasteiger charge is -2.16. The minimum Gasteiger partial charge on any atom is -0.468 e. The largest absolute Gasteiger partial charge is 0.468 e. The van der Waals surface area contributed by atoms with E-state index in [-0.39, 0.29) is 11.9 Å². The number of hydrogen-bond donors (Lipinski definition) is 0. The number of hydrogen-bond acceptors (Lipinski definition) is 5. The van der Waals surface area contributed by atoms with Crippen LogP contribution in [0.5, 0.6) is 0 Å². The molecule has 132 valence electrons. The summed E-state index contributed by atoms with van der Waals surface area (Å²) < 4.78 is 4.65. The number of ether oxygens (including phenoxy) is 1. The molecule has 0 bridgehead atoms. The molecule has 0 N–H and O–H groups in total. The van der Waals surface area contributed by atoms with Gasteiger partial charge >= 0.3 is 5.97 Å². The Hall–Kier alpha value is -1.14. The topological polar surface area (TPSA) is 46.6 Å². The summed E-state index contributed by atoms with van der Waals surface area (Å²) >= 11 is 3.41. The van der Waals surface area contributed by atoms with Crippen LogP contribution in [0.1, 0.15) is 25.8 Å². The van der Waals surface area contributed by atoms with Crippen LogP contribution in [0.4, 0.5) is 0 Å². The number of nitrogens with zero attached hydrogens (tertiary/aromatic N) is 1. The standard InChI is InChI=1S/C18H25NO3S2/c1-13(2)24-15-6-4-14(5-7-15)10-17(20)19-9-8-16(11-19)23-12-18(21)22-3/h4-7,13,16H,8-12H2,1-3H3/t16-/m1/s1. The van der Waals surface area contributed by atoms with Crippen molar-refractivity contribution in [3.8, 4) is 0 Å². The molecule has 1 aliphatic rings. The number of likely N-dealkylation sites (tertiary alicyclic amines) is 1. The van der Waals surface area contributed by atoms with Crippen molar-refractivity contribution in [3.05, 3.63) is 29.8 Å². The zero-order valence-corrected chi connectivity index (χ0v) is 16.1. The molecule has 2 rings (SSSR count). The van der Waals surface area contributed by atoms with Crippen molar-refractivity contribution in [1.29, 1.82) is 0 Å². The normalized spacial score (nSPS) is 17.3. The van der Waals surface area contributed by atoms with Crippen LogP contribution in [0.3, 0.4) is 0 Å². The summed E-state index contributed by atoms with van der Waals surface area (Å²) in [6.45, 7) is 5.84. The van der Waals surface area contributed by atoms with Gasteiger partial charge in [-0.05, 0) is 24.1 Å². The molecule has 0 spiro atoms. The first-order valence-electron chi connectivity index (χ1n) is 8.19. The van der Waals surface area contributed by atoms with Crippen molar-refractivity contribution in [1.82, 2.24) is 4.90 Å². The minimum atomic E-state index is -0.205. The van der Waals surface area contributed by atoms with Gasteiger partial charge < -0.3 is 9.64 Å². The first kappa shape index (κ1) is 19.2. The Balaban J connectivity index is 1.79. The van der Waals surface area contributed by atoms with Crippen molar-refractivity contribution in [2.75, 3.05) is 26.0 Å². The molecule has 1 saturated heterocycles. The molecule has 1 amide bonds. The second-order valence-corrected chi connectivity index (χ2v) is 9.06. The number of carbonyl (C=O) groups excluding carboxylic acids is 2. The SMILES string of the molecule is COC(=O)CS[C@@H]1CCN(C(=O)Cc2ccc(SC(C)C)cc2)C1. The lowest BCUT2D eigenvalue weighted by atomic mass is 10.1. The average molecular weight is 368 g/mol. The third-order valence-electron chi connectivity index (χ3n) is 3.81. The van der Waals surface area contributed by atoms with E-state index in [0.29, 0.717) is 22.7 Å². The van der Waals surface area contributed by atoms with Gasteiger partial charge in [-0.3, -0.25) is 9.59 Å². The second kappa shape index (κ2) is 9.37. The summed E-state index contributed by atoms with van der Waals surface area (Å²) in [4.78, 5) is 26.8. The molecule has 1 fully saturated rings. The maximum atomic E-state index is 12.4. The van der Waals surface area contributed by atoms with E-state index in [9.17, 15) is 9.59 Å². The van der Waals surface area contributed by atoms with Gasteiger partial charge in [-0.1, -0.05) is 26.0 Å². The number of rotatable bonds is 7. The van der Waals surface area contributed by atoms with E-state index in [1.807, 2.05) is 28.8 Å². The Morgan fingerprint density at radius 2 is 2.00 bits per heavy atom. The summed E-state index contributed by atoms with van der Waals surface area (Å²) in [5.41, 5.74) is 1.05. The summed E-state index contributed by atoms with van der Waals surface area (Å²) in [5, 5.41) is 0.888. The number of thioether (sulfide) groups is 2. The van der Waals surface area contributed by atoms with Crippen LogP contribution < -0.4 is 0 Å². The van der Waals surface area contributed by atoms with E-state index < -0.39 is 0 Å². The number of amides is 1. The van der Waals surface area contributed by atoms with Crippen molar-refractivity contribution in [2.45, 2.75) is 42.1 Å². The predicted molar refractivity (Wildman–Crippen MR) is 101 cm³/mol. The molecule has 1 aliphatic heterocycles. The molecule has 0 unspecified atom stereocenters. The van der Waals surface area contributed by atoms with Gasteiger partial charge in [0.15, 0.2) is 0 Å². The van der Waals surface area contributed by atoms with Crippen LogP contribution in [-0.4, -0.2) is 53.2 Å². The van der Waals surface area contributed by atoms with Gasteiger partial charge in [-0.25, -0.2) is 0 Å². The number of esters is 1. The molecule has 1 atom stereocenters. The minimum absolute atomic E-state index is 0.167. The Kier molecular flexibility index (Phi) is 7.49. The van der Waals surface area contributed by atoms with Gasteiger partial charge in [0.2, 0.25) is 5.91 Å². The molecule has 6 heteroatoms. The Morgan fingerprint density at radius 1 is 1.29 bits per heavy atom. The first-order chi connectivity index (χ1) is 11.5. The van der Waals surface area contributed by atoms with E-state index in [1.54, 1.807) is 11.8 Å². The number of benzene rings is 1. The molecule has 24 heavy (non-hydrogen) atoms. The first-order valence-corrected chi connectivity index (χ1v) is 10.1.